The van der Waals surface area contributed by atoms with Gasteiger partial charge in [0.15, 0.2) is 0 Å². The Labute approximate surface area is 161 Å². The Morgan fingerprint density at radius 1 is 1.31 bits per heavy atom. The zero-order valence-corrected chi connectivity index (χ0v) is 16.5. The number of rotatable bonds is 6. The van der Waals surface area contributed by atoms with Gasteiger partial charge >= 0.3 is 0 Å². The SMILES string of the molecule is CSc1nc2nc(C)c(CC(=O)NCCc3cccc(Cl)c3)c(C)n2n1. The molecule has 136 valence electrons. The normalized spacial score (nSPS) is 11.1. The summed E-state index contributed by atoms with van der Waals surface area (Å²) in [5.41, 5.74) is 3.68. The first-order valence-electron chi connectivity index (χ1n) is 8.26. The first-order chi connectivity index (χ1) is 12.5. The minimum absolute atomic E-state index is 0.0374. The number of hydrogen-bond acceptors (Lipinski definition) is 5. The molecule has 2 aromatic heterocycles. The molecule has 1 amide bonds. The quantitative estimate of drug-likeness (QED) is 0.656. The van der Waals surface area contributed by atoms with Crippen molar-refractivity contribution in [2.45, 2.75) is 31.8 Å². The summed E-state index contributed by atoms with van der Waals surface area (Å²) < 4.78 is 1.70. The van der Waals surface area contributed by atoms with E-state index < -0.39 is 0 Å². The molecule has 0 aliphatic rings. The Balaban J connectivity index is 1.67. The number of benzene rings is 1. The summed E-state index contributed by atoms with van der Waals surface area (Å²) >= 11 is 7.45. The van der Waals surface area contributed by atoms with Gasteiger partial charge in [0.1, 0.15) is 0 Å². The lowest BCUT2D eigenvalue weighted by atomic mass is 10.1. The second-order valence-corrected chi connectivity index (χ2v) is 7.19. The predicted octanol–water partition coefficient (Wildman–Crippen LogP) is 3.02. The summed E-state index contributed by atoms with van der Waals surface area (Å²) in [6.45, 7) is 4.40. The van der Waals surface area contributed by atoms with E-state index in [1.165, 1.54) is 11.8 Å². The van der Waals surface area contributed by atoms with Crippen LogP contribution in [0.4, 0.5) is 0 Å². The van der Waals surface area contributed by atoms with Crippen molar-refractivity contribution in [1.82, 2.24) is 24.9 Å². The van der Waals surface area contributed by atoms with Gasteiger partial charge in [-0.1, -0.05) is 35.5 Å². The van der Waals surface area contributed by atoms with E-state index in [0.29, 0.717) is 22.5 Å². The molecule has 8 heteroatoms. The monoisotopic (exact) mass is 389 g/mol. The van der Waals surface area contributed by atoms with E-state index in [2.05, 4.69) is 20.4 Å². The lowest BCUT2D eigenvalue weighted by molar-refractivity contribution is -0.120. The second kappa shape index (κ2) is 8.05. The fourth-order valence-corrected chi connectivity index (χ4v) is 3.34. The van der Waals surface area contributed by atoms with Crippen molar-refractivity contribution in [3.05, 3.63) is 51.8 Å². The number of halogens is 1. The van der Waals surface area contributed by atoms with Gasteiger partial charge in [0.25, 0.3) is 5.78 Å². The number of carbonyl (C=O) groups is 1. The molecule has 0 aliphatic carbocycles. The van der Waals surface area contributed by atoms with E-state index in [9.17, 15) is 4.79 Å². The van der Waals surface area contributed by atoms with Crippen LogP contribution in [0.1, 0.15) is 22.5 Å². The average molecular weight is 390 g/mol. The molecule has 0 saturated carbocycles. The van der Waals surface area contributed by atoms with Gasteiger partial charge in [-0.3, -0.25) is 4.79 Å². The molecule has 3 aromatic rings. The third kappa shape index (κ3) is 4.16. The molecule has 2 heterocycles. The van der Waals surface area contributed by atoms with Crippen LogP contribution in [0.3, 0.4) is 0 Å². The van der Waals surface area contributed by atoms with Crippen molar-refractivity contribution in [3.63, 3.8) is 0 Å². The minimum atomic E-state index is -0.0374. The van der Waals surface area contributed by atoms with Gasteiger partial charge in [-0.15, -0.1) is 5.10 Å². The molecule has 0 bridgehead atoms. The Bertz CT molecular complexity index is 956. The van der Waals surface area contributed by atoms with Gasteiger partial charge in [-0.05, 0) is 44.2 Å². The van der Waals surface area contributed by atoms with Crippen LogP contribution in [0.5, 0.6) is 0 Å². The van der Waals surface area contributed by atoms with Gasteiger partial charge in [0.2, 0.25) is 11.1 Å². The molecule has 1 aromatic carbocycles. The van der Waals surface area contributed by atoms with Gasteiger partial charge in [0, 0.05) is 28.5 Å². The molecule has 0 saturated heterocycles. The summed E-state index contributed by atoms with van der Waals surface area (Å²) in [6.07, 6.45) is 2.93. The maximum atomic E-state index is 12.4. The van der Waals surface area contributed by atoms with Crippen molar-refractivity contribution in [3.8, 4) is 0 Å². The van der Waals surface area contributed by atoms with Gasteiger partial charge in [-0.25, -0.2) is 9.50 Å². The summed E-state index contributed by atoms with van der Waals surface area (Å²) in [4.78, 5) is 21.2. The summed E-state index contributed by atoms with van der Waals surface area (Å²) in [6, 6.07) is 7.66. The lowest BCUT2D eigenvalue weighted by Crippen LogP contribution is -2.28. The zero-order valence-electron chi connectivity index (χ0n) is 14.9. The maximum absolute atomic E-state index is 12.4. The zero-order chi connectivity index (χ0) is 18.7. The van der Waals surface area contributed by atoms with Crippen LogP contribution in [0.15, 0.2) is 29.4 Å². The number of aryl methyl sites for hydroxylation is 2. The van der Waals surface area contributed by atoms with E-state index >= 15 is 0 Å². The molecule has 3 rings (SSSR count). The smallest absolute Gasteiger partial charge is 0.253 e. The highest BCUT2D eigenvalue weighted by Gasteiger charge is 2.15. The molecule has 0 atom stereocenters. The number of hydrogen-bond donors (Lipinski definition) is 1. The Morgan fingerprint density at radius 3 is 2.85 bits per heavy atom. The highest BCUT2D eigenvalue weighted by Crippen LogP contribution is 2.17. The number of amides is 1. The Kier molecular flexibility index (Phi) is 5.78. The summed E-state index contributed by atoms with van der Waals surface area (Å²) in [5, 5.41) is 8.75. The first-order valence-corrected chi connectivity index (χ1v) is 9.86. The van der Waals surface area contributed by atoms with Crippen LogP contribution in [0, 0.1) is 13.8 Å². The minimum Gasteiger partial charge on any atom is -0.355 e. The lowest BCUT2D eigenvalue weighted by Gasteiger charge is -2.11. The highest BCUT2D eigenvalue weighted by molar-refractivity contribution is 7.98. The van der Waals surface area contributed by atoms with Crippen molar-refractivity contribution in [2.75, 3.05) is 12.8 Å². The average Bonchev–Trinajstić information content (AvgIpc) is 3.02. The molecular weight excluding hydrogens is 370 g/mol. The van der Waals surface area contributed by atoms with E-state index in [1.54, 1.807) is 4.52 Å². The van der Waals surface area contributed by atoms with Crippen molar-refractivity contribution in [2.24, 2.45) is 0 Å². The van der Waals surface area contributed by atoms with E-state index in [4.69, 9.17) is 11.6 Å². The molecule has 6 nitrogen and oxygen atoms in total. The molecule has 0 fully saturated rings. The fraction of sp³-hybridized carbons (Fsp3) is 0.333. The molecule has 26 heavy (non-hydrogen) atoms. The third-order valence-electron chi connectivity index (χ3n) is 4.17. The van der Waals surface area contributed by atoms with Crippen LogP contribution < -0.4 is 5.32 Å². The number of carbonyl (C=O) groups excluding carboxylic acids is 1. The standard InChI is InChI=1S/C18H20ClN5OS/c1-11-15(12(2)24-17(21-11)22-18(23-24)26-3)10-16(25)20-8-7-13-5-4-6-14(19)9-13/h4-6,9H,7-8,10H2,1-3H3,(H,20,25). The highest BCUT2D eigenvalue weighted by atomic mass is 35.5. The van der Waals surface area contributed by atoms with E-state index in [0.717, 1.165) is 28.9 Å². The van der Waals surface area contributed by atoms with Crippen LogP contribution >= 0.6 is 23.4 Å². The van der Waals surface area contributed by atoms with Crippen molar-refractivity contribution in [1.29, 1.82) is 0 Å². The molecule has 0 spiro atoms. The Hall–Kier alpha value is -2.12. The molecule has 0 aliphatic heterocycles. The number of aromatic nitrogens is 4. The van der Waals surface area contributed by atoms with Crippen molar-refractivity contribution >= 4 is 35.0 Å². The number of thioether (sulfide) groups is 1. The van der Waals surface area contributed by atoms with Crippen LogP contribution in [-0.4, -0.2) is 38.3 Å². The van der Waals surface area contributed by atoms with Gasteiger partial charge < -0.3 is 5.32 Å². The maximum Gasteiger partial charge on any atom is 0.253 e. The number of nitrogens with zero attached hydrogens (tertiary/aromatic N) is 4. The van der Waals surface area contributed by atoms with Gasteiger partial charge in [-0.2, -0.15) is 4.98 Å². The largest absolute Gasteiger partial charge is 0.355 e. The van der Waals surface area contributed by atoms with E-state index in [1.807, 2.05) is 44.4 Å². The van der Waals surface area contributed by atoms with E-state index in [-0.39, 0.29) is 12.3 Å². The summed E-state index contributed by atoms with van der Waals surface area (Å²) in [5.74, 6) is 0.527. The van der Waals surface area contributed by atoms with Gasteiger partial charge in [0.05, 0.1) is 6.42 Å². The molecular formula is C18H20ClN5OS. The molecule has 0 radical (unpaired) electrons. The number of fused-ring (bicyclic) bond motifs is 1. The number of nitrogens with one attached hydrogen (secondary N) is 1. The predicted molar refractivity (Wildman–Crippen MR) is 104 cm³/mol. The Morgan fingerprint density at radius 2 is 2.12 bits per heavy atom. The van der Waals surface area contributed by atoms with Crippen LogP contribution in [-0.2, 0) is 17.6 Å². The molecule has 1 N–H and O–H groups in total. The van der Waals surface area contributed by atoms with Crippen LogP contribution in [0.25, 0.3) is 5.78 Å². The summed E-state index contributed by atoms with van der Waals surface area (Å²) in [7, 11) is 0. The second-order valence-electron chi connectivity index (χ2n) is 5.98. The fourth-order valence-electron chi connectivity index (χ4n) is 2.79. The van der Waals surface area contributed by atoms with Crippen LogP contribution in [0.2, 0.25) is 5.02 Å². The topological polar surface area (TPSA) is 72.2 Å². The first kappa shape index (κ1) is 18.7. The molecule has 0 unspecified atom stereocenters. The third-order valence-corrected chi connectivity index (χ3v) is 4.95. The van der Waals surface area contributed by atoms with Crippen molar-refractivity contribution < 1.29 is 4.79 Å².